The average Bonchev–Trinajstić information content (AvgIpc) is 3.04. The quantitative estimate of drug-likeness (QED) is 0.880. The van der Waals surface area contributed by atoms with Crippen molar-refractivity contribution in [3.63, 3.8) is 0 Å². The van der Waals surface area contributed by atoms with Crippen molar-refractivity contribution >= 4 is 5.95 Å². The highest BCUT2D eigenvalue weighted by Crippen LogP contribution is 2.23. The molecule has 0 bridgehead atoms. The maximum Gasteiger partial charge on any atom is 0.228 e. The van der Waals surface area contributed by atoms with E-state index in [0.29, 0.717) is 23.4 Å². The van der Waals surface area contributed by atoms with Crippen LogP contribution in [-0.4, -0.2) is 50.3 Å². The van der Waals surface area contributed by atoms with Gasteiger partial charge in [0.2, 0.25) is 11.8 Å². The number of ether oxygens (including phenoxy) is 1. The molecule has 8 nitrogen and oxygen atoms in total. The molecule has 1 aliphatic rings. The number of rotatable bonds is 5. The Balaban J connectivity index is 1.66. The molecule has 3 heterocycles. The van der Waals surface area contributed by atoms with Gasteiger partial charge in [-0.1, -0.05) is 5.21 Å². The van der Waals surface area contributed by atoms with Gasteiger partial charge in [0.05, 0.1) is 13.3 Å². The number of anilines is 1. The predicted molar refractivity (Wildman–Crippen MR) is 88.8 cm³/mol. The molecule has 2 aromatic rings. The molecule has 1 fully saturated rings. The Bertz CT molecular complexity index is 681. The molecule has 0 amide bonds. The van der Waals surface area contributed by atoms with Gasteiger partial charge in [0.15, 0.2) is 0 Å². The Morgan fingerprint density at radius 2 is 2.25 bits per heavy atom. The number of aliphatic hydroxyl groups is 1. The van der Waals surface area contributed by atoms with Gasteiger partial charge in [-0.2, -0.15) is 4.98 Å². The molecule has 0 spiro atoms. The van der Waals surface area contributed by atoms with Crippen molar-refractivity contribution in [1.29, 1.82) is 0 Å². The topological polar surface area (TPSA) is 89.2 Å². The first-order valence-electron chi connectivity index (χ1n) is 8.20. The molecular weight excluding hydrogens is 308 g/mol. The summed E-state index contributed by atoms with van der Waals surface area (Å²) in [5, 5.41) is 18.2. The summed E-state index contributed by atoms with van der Waals surface area (Å²) in [5.41, 5.74) is -0.378. The second-order valence-corrected chi connectivity index (χ2v) is 6.74. The monoisotopic (exact) mass is 332 g/mol. The fraction of sp³-hybridized carbons (Fsp3) is 0.625. The van der Waals surface area contributed by atoms with Crippen molar-refractivity contribution < 1.29 is 9.84 Å². The Morgan fingerprint density at radius 1 is 1.42 bits per heavy atom. The smallest absolute Gasteiger partial charge is 0.228 e. The van der Waals surface area contributed by atoms with Crippen LogP contribution in [0.5, 0.6) is 5.88 Å². The first kappa shape index (κ1) is 16.6. The van der Waals surface area contributed by atoms with E-state index in [9.17, 15) is 5.11 Å². The third-order valence-electron chi connectivity index (χ3n) is 4.24. The minimum atomic E-state index is -0.967. The third-order valence-corrected chi connectivity index (χ3v) is 4.24. The summed E-state index contributed by atoms with van der Waals surface area (Å²) in [4.78, 5) is 11.0. The van der Waals surface area contributed by atoms with E-state index in [4.69, 9.17) is 4.74 Å². The first-order chi connectivity index (χ1) is 11.5. The molecule has 8 heteroatoms. The van der Waals surface area contributed by atoms with E-state index in [1.54, 1.807) is 33.2 Å². The first-order valence-corrected chi connectivity index (χ1v) is 8.20. The highest BCUT2D eigenvalue weighted by molar-refractivity contribution is 5.32. The summed E-state index contributed by atoms with van der Waals surface area (Å²) < 4.78 is 6.99. The summed E-state index contributed by atoms with van der Waals surface area (Å²) in [7, 11) is 1.61. The highest BCUT2D eigenvalue weighted by Gasteiger charge is 2.24. The molecule has 1 aliphatic heterocycles. The zero-order valence-corrected chi connectivity index (χ0v) is 14.4. The molecule has 1 atom stereocenters. The standard InChI is InChI=1S/C16H24N6O2/c1-16(2,23)13-11-22(20-19-13)10-12-5-4-8-21(9-12)15-17-7-6-14(18-15)24-3/h6-7,11-12,23H,4-5,8-10H2,1-3H3. The second-order valence-electron chi connectivity index (χ2n) is 6.74. The fourth-order valence-electron chi connectivity index (χ4n) is 2.93. The van der Waals surface area contributed by atoms with Gasteiger partial charge in [0, 0.05) is 31.9 Å². The van der Waals surface area contributed by atoms with Gasteiger partial charge in [-0.15, -0.1) is 5.10 Å². The average molecular weight is 332 g/mol. The number of aromatic nitrogens is 5. The zero-order chi connectivity index (χ0) is 17.2. The molecule has 1 N–H and O–H groups in total. The summed E-state index contributed by atoms with van der Waals surface area (Å²) in [6.07, 6.45) is 5.75. The SMILES string of the molecule is COc1ccnc(N2CCCC(Cn3cc(C(C)(C)O)nn3)C2)n1. The van der Waals surface area contributed by atoms with Gasteiger partial charge in [-0.3, -0.25) is 4.68 Å². The van der Waals surface area contributed by atoms with Crippen molar-refractivity contribution in [2.75, 3.05) is 25.1 Å². The van der Waals surface area contributed by atoms with Gasteiger partial charge in [-0.25, -0.2) is 4.98 Å². The lowest BCUT2D eigenvalue weighted by molar-refractivity contribution is 0.0737. The highest BCUT2D eigenvalue weighted by atomic mass is 16.5. The molecule has 0 saturated carbocycles. The Labute approximate surface area is 141 Å². The molecular formula is C16H24N6O2. The summed E-state index contributed by atoms with van der Waals surface area (Å²) in [6, 6.07) is 1.75. The lowest BCUT2D eigenvalue weighted by atomic mass is 9.98. The number of piperidine rings is 1. The molecule has 1 unspecified atom stereocenters. The van der Waals surface area contributed by atoms with Gasteiger partial charge in [-0.05, 0) is 32.6 Å². The molecule has 3 rings (SSSR count). The van der Waals surface area contributed by atoms with Gasteiger partial charge < -0.3 is 14.7 Å². The van der Waals surface area contributed by atoms with Crippen LogP contribution in [0.1, 0.15) is 32.4 Å². The summed E-state index contributed by atoms with van der Waals surface area (Å²) >= 11 is 0. The number of nitrogens with zero attached hydrogens (tertiary/aromatic N) is 6. The molecule has 130 valence electrons. The minimum absolute atomic E-state index is 0.435. The molecule has 0 aromatic carbocycles. The normalized spacial score (nSPS) is 18.7. The van der Waals surface area contributed by atoms with Crippen molar-refractivity contribution in [2.24, 2.45) is 5.92 Å². The molecule has 0 aliphatic carbocycles. The van der Waals surface area contributed by atoms with Crippen LogP contribution in [0.25, 0.3) is 0 Å². The van der Waals surface area contributed by atoms with Crippen molar-refractivity contribution in [1.82, 2.24) is 25.0 Å². The van der Waals surface area contributed by atoms with Crippen LogP contribution in [0.2, 0.25) is 0 Å². The Kier molecular flexibility index (Phi) is 4.66. The van der Waals surface area contributed by atoms with E-state index < -0.39 is 5.60 Å². The van der Waals surface area contributed by atoms with E-state index in [1.807, 2.05) is 10.9 Å². The predicted octanol–water partition coefficient (Wildman–Crippen LogP) is 1.22. The zero-order valence-electron chi connectivity index (χ0n) is 14.4. The van der Waals surface area contributed by atoms with Crippen LogP contribution < -0.4 is 9.64 Å². The Morgan fingerprint density at radius 3 is 2.96 bits per heavy atom. The number of hydrogen-bond acceptors (Lipinski definition) is 7. The van der Waals surface area contributed by atoms with Crippen LogP contribution in [0.15, 0.2) is 18.5 Å². The minimum Gasteiger partial charge on any atom is -0.481 e. The Hall–Kier alpha value is -2.22. The summed E-state index contributed by atoms with van der Waals surface area (Å²) in [5.74, 6) is 1.72. The van der Waals surface area contributed by atoms with Crippen LogP contribution in [0.4, 0.5) is 5.95 Å². The molecule has 1 saturated heterocycles. The van der Waals surface area contributed by atoms with Gasteiger partial charge in [0.25, 0.3) is 0 Å². The van der Waals surface area contributed by atoms with Crippen LogP contribution in [0, 0.1) is 5.92 Å². The lowest BCUT2D eigenvalue weighted by Crippen LogP contribution is -2.38. The third kappa shape index (κ3) is 3.81. The number of hydrogen-bond donors (Lipinski definition) is 1. The maximum atomic E-state index is 10.00. The van der Waals surface area contributed by atoms with Crippen molar-refractivity contribution in [2.45, 2.75) is 38.8 Å². The molecule has 2 aromatic heterocycles. The van der Waals surface area contributed by atoms with E-state index in [2.05, 4.69) is 25.2 Å². The van der Waals surface area contributed by atoms with Crippen LogP contribution in [0.3, 0.4) is 0 Å². The van der Waals surface area contributed by atoms with Gasteiger partial charge in [0.1, 0.15) is 11.3 Å². The van der Waals surface area contributed by atoms with E-state index >= 15 is 0 Å². The van der Waals surface area contributed by atoms with Crippen LogP contribution >= 0.6 is 0 Å². The lowest BCUT2D eigenvalue weighted by Gasteiger charge is -2.32. The summed E-state index contributed by atoms with van der Waals surface area (Å²) in [6.45, 7) is 6.00. The second kappa shape index (κ2) is 6.72. The van der Waals surface area contributed by atoms with Crippen molar-refractivity contribution in [3.05, 3.63) is 24.2 Å². The molecule has 24 heavy (non-hydrogen) atoms. The van der Waals surface area contributed by atoms with E-state index in [1.165, 1.54) is 0 Å². The van der Waals surface area contributed by atoms with E-state index in [0.717, 1.165) is 32.5 Å². The van der Waals surface area contributed by atoms with Crippen molar-refractivity contribution in [3.8, 4) is 5.88 Å². The molecule has 0 radical (unpaired) electrons. The largest absolute Gasteiger partial charge is 0.481 e. The van der Waals surface area contributed by atoms with E-state index in [-0.39, 0.29) is 0 Å². The fourth-order valence-corrected chi connectivity index (χ4v) is 2.93. The maximum absolute atomic E-state index is 10.00. The van der Waals surface area contributed by atoms with Crippen LogP contribution in [-0.2, 0) is 12.1 Å². The number of methoxy groups -OCH3 is 1. The van der Waals surface area contributed by atoms with Gasteiger partial charge >= 0.3 is 0 Å².